The van der Waals surface area contributed by atoms with Crippen LogP contribution in [0.15, 0.2) is 24.3 Å². The Morgan fingerprint density at radius 3 is 3.07 bits per heavy atom. The van der Waals surface area contributed by atoms with E-state index in [0.717, 1.165) is 13.2 Å². The fraction of sp³-hybridized carbons (Fsp3) is 0.538. The molecule has 80 valence electrons. The molecule has 1 unspecified atom stereocenters. The molecule has 1 saturated heterocycles. The second kappa shape index (κ2) is 3.86. The summed E-state index contributed by atoms with van der Waals surface area (Å²) >= 11 is 0. The van der Waals surface area contributed by atoms with E-state index in [0.29, 0.717) is 6.10 Å². The Hall–Kier alpha value is -1.02. The molecule has 1 aromatic carbocycles. The number of fused-ring (bicyclic) bond motifs is 1. The van der Waals surface area contributed by atoms with E-state index in [1.54, 1.807) is 0 Å². The quantitative estimate of drug-likeness (QED) is 0.700. The molecule has 2 nitrogen and oxygen atoms in total. The van der Waals surface area contributed by atoms with Crippen molar-refractivity contribution >= 4 is 5.69 Å². The van der Waals surface area contributed by atoms with E-state index in [1.165, 1.54) is 37.1 Å². The molecule has 1 aromatic rings. The van der Waals surface area contributed by atoms with Gasteiger partial charge in [0.2, 0.25) is 0 Å². The number of benzene rings is 1. The van der Waals surface area contributed by atoms with Gasteiger partial charge in [-0.05, 0) is 30.9 Å². The Kier molecular flexibility index (Phi) is 2.37. The van der Waals surface area contributed by atoms with Crippen molar-refractivity contribution in [3.63, 3.8) is 0 Å². The summed E-state index contributed by atoms with van der Waals surface area (Å²) in [6.07, 6.45) is 4.28. The topological polar surface area (TPSA) is 15.8 Å². The van der Waals surface area contributed by atoms with Gasteiger partial charge in [0.1, 0.15) is 0 Å². The van der Waals surface area contributed by atoms with Crippen LogP contribution in [-0.4, -0.2) is 25.8 Å². The molecule has 3 rings (SSSR count). The molecule has 2 aliphatic heterocycles. The van der Waals surface area contributed by atoms with Gasteiger partial charge in [0.25, 0.3) is 0 Å². The largest absolute Gasteiger partial charge is 0.373 e. The van der Waals surface area contributed by atoms with Gasteiger partial charge in [0.15, 0.2) is 0 Å². The summed E-state index contributed by atoms with van der Waals surface area (Å²) in [6.45, 7) is 3.35. The minimum Gasteiger partial charge on any atom is -0.373 e. The normalized spacial score (nSPS) is 23.7. The predicted molar refractivity (Wildman–Crippen MR) is 61.3 cm³/mol. The van der Waals surface area contributed by atoms with Gasteiger partial charge >= 0.3 is 0 Å². The molecule has 2 heteroatoms. The predicted octanol–water partition coefficient (Wildman–Crippen LogP) is 2.23. The SMILES string of the molecule is c1ccc2c(c1)CCCN2CCC1CO1. The fourth-order valence-corrected chi connectivity index (χ4v) is 2.38. The first-order valence-corrected chi connectivity index (χ1v) is 5.88. The molecule has 15 heavy (non-hydrogen) atoms. The Balaban J connectivity index is 1.73. The van der Waals surface area contributed by atoms with Gasteiger partial charge < -0.3 is 9.64 Å². The number of hydrogen-bond acceptors (Lipinski definition) is 2. The van der Waals surface area contributed by atoms with Gasteiger partial charge in [-0.3, -0.25) is 0 Å². The summed E-state index contributed by atoms with van der Waals surface area (Å²) in [5.74, 6) is 0. The van der Waals surface area contributed by atoms with Gasteiger partial charge in [-0.1, -0.05) is 18.2 Å². The highest BCUT2D eigenvalue weighted by atomic mass is 16.6. The molecule has 0 radical (unpaired) electrons. The number of para-hydroxylation sites is 1. The average Bonchev–Trinajstić information content (AvgIpc) is 3.10. The van der Waals surface area contributed by atoms with Gasteiger partial charge in [0, 0.05) is 18.8 Å². The summed E-state index contributed by atoms with van der Waals surface area (Å²) in [4.78, 5) is 2.51. The molecule has 0 amide bonds. The van der Waals surface area contributed by atoms with E-state index in [4.69, 9.17) is 4.74 Å². The third-order valence-corrected chi connectivity index (χ3v) is 3.33. The number of hydrogen-bond donors (Lipinski definition) is 0. The van der Waals surface area contributed by atoms with E-state index in [1.807, 2.05) is 0 Å². The number of rotatable bonds is 3. The van der Waals surface area contributed by atoms with E-state index in [9.17, 15) is 0 Å². The molecular weight excluding hydrogens is 186 g/mol. The van der Waals surface area contributed by atoms with Crippen LogP contribution in [0.2, 0.25) is 0 Å². The second-order valence-corrected chi connectivity index (χ2v) is 4.46. The van der Waals surface area contributed by atoms with Crippen LogP contribution in [-0.2, 0) is 11.2 Å². The van der Waals surface area contributed by atoms with Gasteiger partial charge in [-0.25, -0.2) is 0 Å². The van der Waals surface area contributed by atoms with Crippen molar-refractivity contribution in [1.29, 1.82) is 0 Å². The molecule has 0 N–H and O–H groups in total. The van der Waals surface area contributed by atoms with Crippen molar-refractivity contribution in [2.24, 2.45) is 0 Å². The van der Waals surface area contributed by atoms with Crippen LogP contribution in [0.3, 0.4) is 0 Å². The lowest BCUT2D eigenvalue weighted by atomic mass is 10.0. The van der Waals surface area contributed by atoms with Crippen molar-refractivity contribution in [2.45, 2.75) is 25.4 Å². The summed E-state index contributed by atoms with van der Waals surface area (Å²) in [5.41, 5.74) is 2.96. The maximum atomic E-state index is 5.26. The second-order valence-electron chi connectivity index (χ2n) is 4.46. The van der Waals surface area contributed by atoms with Crippen LogP contribution >= 0.6 is 0 Å². The third kappa shape index (κ3) is 2.00. The van der Waals surface area contributed by atoms with Gasteiger partial charge in [-0.15, -0.1) is 0 Å². The van der Waals surface area contributed by atoms with E-state index in [2.05, 4.69) is 29.2 Å². The van der Waals surface area contributed by atoms with Crippen LogP contribution < -0.4 is 4.90 Å². The minimum atomic E-state index is 0.555. The highest BCUT2D eigenvalue weighted by Gasteiger charge is 2.24. The van der Waals surface area contributed by atoms with Crippen LogP contribution in [0.5, 0.6) is 0 Å². The molecule has 1 fully saturated rings. The summed E-state index contributed by atoms with van der Waals surface area (Å²) in [5, 5.41) is 0. The van der Waals surface area contributed by atoms with Gasteiger partial charge in [0.05, 0.1) is 12.7 Å². The van der Waals surface area contributed by atoms with E-state index < -0.39 is 0 Å². The molecule has 2 heterocycles. The standard InChI is InChI=1S/C13H17NO/c1-2-6-13-11(4-1)5-3-8-14(13)9-7-12-10-15-12/h1-2,4,6,12H,3,5,7-10H2. The summed E-state index contributed by atoms with van der Waals surface area (Å²) in [6, 6.07) is 8.80. The molecule has 0 bridgehead atoms. The fourth-order valence-electron chi connectivity index (χ4n) is 2.38. The van der Waals surface area contributed by atoms with Crippen LogP contribution in [0.4, 0.5) is 5.69 Å². The van der Waals surface area contributed by atoms with Crippen molar-refractivity contribution in [3.8, 4) is 0 Å². The maximum absolute atomic E-state index is 5.26. The lowest BCUT2D eigenvalue weighted by Gasteiger charge is -2.31. The Morgan fingerprint density at radius 2 is 2.20 bits per heavy atom. The smallest absolute Gasteiger partial charge is 0.0826 e. The van der Waals surface area contributed by atoms with E-state index >= 15 is 0 Å². The molecule has 2 aliphatic rings. The molecule has 0 aromatic heterocycles. The van der Waals surface area contributed by atoms with Crippen molar-refractivity contribution < 1.29 is 4.74 Å². The highest BCUT2D eigenvalue weighted by molar-refractivity contribution is 5.55. The molecule has 0 saturated carbocycles. The van der Waals surface area contributed by atoms with Crippen molar-refractivity contribution in [1.82, 2.24) is 0 Å². The molecular formula is C13H17NO. The van der Waals surface area contributed by atoms with E-state index in [-0.39, 0.29) is 0 Å². The third-order valence-electron chi connectivity index (χ3n) is 3.33. The zero-order valence-corrected chi connectivity index (χ0v) is 8.98. The van der Waals surface area contributed by atoms with Crippen LogP contribution in [0, 0.1) is 0 Å². The number of nitrogens with zero attached hydrogens (tertiary/aromatic N) is 1. The lowest BCUT2D eigenvalue weighted by molar-refractivity contribution is 0.396. The van der Waals surface area contributed by atoms with Crippen molar-refractivity contribution in [2.75, 3.05) is 24.6 Å². The Morgan fingerprint density at radius 1 is 1.33 bits per heavy atom. The molecule has 1 atom stereocenters. The first kappa shape index (κ1) is 9.22. The summed E-state index contributed by atoms with van der Waals surface area (Å²) in [7, 11) is 0. The molecule has 0 aliphatic carbocycles. The first-order chi connectivity index (χ1) is 7.43. The average molecular weight is 203 g/mol. The first-order valence-electron chi connectivity index (χ1n) is 5.88. The van der Waals surface area contributed by atoms with Crippen LogP contribution in [0.1, 0.15) is 18.4 Å². The number of anilines is 1. The molecule has 0 spiro atoms. The monoisotopic (exact) mass is 203 g/mol. The number of ether oxygens (including phenoxy) is 1. The minimum absolute atomic E-state index is 0.555. The Labute approximate surface area is 90.8 Å². The van der Waals surface area contributed by atoms with Crippen LogP contribution in [0.25, 0.3) is 0 Å². The lowest BCUT2D eigenvalue weighted by Crippen LogP contribution is -2.30. The zero-order valence-electron chi connectivity index (χ0n) is 8.98. The van der Waals surface area contributed by atoms with Crippen molar-refractivity contribution in [3.05, 3.63) is 29.8 Å². The maximum Gasteiger partial charge on any atom is 0.0826 e. The zero-order chi connectivity index (χ0) is 10.1. The Bertz CT molecular complexity index is 346. The number of epoxide rings is 1. The van der Waals surface area contributed by atoms with Gasteiger partial charge in [-0.2, -0.15) is 0 Å². The summed E-state index contributed by atoms with van der Waals surface area (Å²) < 4.78 is 5.26. The highest BCUT2D eigenvalue weighted by Crippen LogP contribution is 2.27. The number of aryl methyl sites for hydroxylation is 1.